The van der Waals surface area contributed by atoms with Crippen LogP contribution in [-0.2, 0) is 6.42 Å². The van der Waals surface area contributed by atoms with Crippen LogP contribution in [0.3, 0.4) is 0 Å². The van der Waals surface area contributed by atoms with Crippen molar-refractivity contribution in [3.05, 3.63) is 45.2 Å². The van der Waals surface area contributed by atoms with E-state index in [2.05, 4.69) is 18.9 Å². The lowest BCUT2D eigenvalue weighted by molar-refractivity contribution is 0.0818. The molecule has 0 saturated heterocycles. The van der Waals surface area contributed by atoms with Crippen molar-refractivity contribution in [1.82, 2.24) is 9.78 Å². The van der Waals surface area contributed by atoms with Crippen molar-refractivity contribution in [2.75, 3.05) is 6.61 Å². The van der Waals surface area contributed by atoms with Gasteiger partial charge in [-0.2, -0.15) is 5.10 Å². The highest BCUT2D eigenvalue weighted by atomic mass is 35.5. The van der Waals surface area contributed by atoms with Gasteiger partial charge in [0.1, 0.15) is 5.75 Å². The van der Waals surface area contributed by atoms with Crippen molar-refractivity contribution in [2.24, 2.45) is 5.92 Å². The Bertz CT molecular complexity index is 724. The summed E-state index contributed by atoms with van der Waals surface area (Å²) >= 11 is 11.9. The van der Waals surface area contributed by atoms with Crippen LogP contribution in [-0.4, -0.2) is 22.3 Å². The van der Waals surface area contributed by atoms with E-state index in [1.165, 1.54) is 4.68 Å². The second-order valence-corrected chi connectivity index (χ2v) is 6.76. The number of benzene rings is 1. The van der Waals surface area contributed by atoms with E-state index in [9.17, 15) is 4.79 Å². The molecule has 4 nitrogen and oxygen atoms in total. The first-order valence-corrected chi connectivity index (χ1v) is 8.21. The van der Waals surface area contributed by atoms with Gasteiger partial charge in [-0.25, -0.2) is 4.68 Å². The Morgan fingerprint density at radius 1 is 1.30 bits per heavy atom. The Morgan fingerprint density at radius 2 is 2.00 bits per heavy atom. The number of aryl methyl sites for hydroxylation is 1. The van der Waals surface area contributed by atoms with Crippen LogP contribution in [0.15, 0.2) is 18.2 Å². The molecule has 0 aliphatic carbocycles. The van der Waals surface area contributed by atoms with E-state index in [0.717, 1.165) is 23.4 Å². The van der Waals surface area contributed by atoms with Gasteiger partial charge in [-0.15, -0.1) is 0 Å². The maximum Gasteiger partial charge on any atom is 0.284 e. The number of ether oxygens (including phenoxy) is 1. The monoisotopic (exact) mass is 354 g/mol. The van der Waals surface area contributed by atoms with Crippen LogP contribution in [0.2, 0.25) is 10.0 Å². The first-order valence-electron chi connectivity index (χ1n) is 7.45. The van der Waals surface area contributed by atoms with E-state index in [1.807, 2.05) is 13.8 Å². The zero-order valence-electron chi connectivity index (χ0n) is 13.7. The van der Waals surface area contributed by atoms with Gasteiger partial charge in [0, 0.05) is 10.7 Å². The zero-order chi connectivity index (χ0) is 17.1. The summed E-state index contributed by atoms with van der Waals surface area (Å²) in [7, 11) is 0. The van der Waals surface area contributed by atoms with E-state index in [0.29, 0.717) is 21.7 Å². The van der Waals surface area contributed by atoms with Crippen LogP contribution in [0, 0.1) is 19.8 Å². The molecule has 0 amide bonds. The molecule has 1 aromatic heterocycles. The van der Waals surface area contributed by atoms with Crippen molar-refractivity contribution in [2.45, 2.75) is 34.1 Å². The highest BCUT2D eigenvalue weighted by Crippen LogP contribution is 2.27. The van der Waals surface area contributed by atoms with Crippen molar-refractivity contribution in [1.29, 1.82) is 0 Å². The molecule has 6 heteroatoms. The molecule has 0 aliphatic heterocycles. The van der Waals surface area contributed by atoms with Gasteiger partial charge in [-0.3, -0.25) is 4.79 Å². The van der Waals surface area contributed by atoms with E-state index in [1.54, 1.807) is 18.2 Å². The largest absolute Gasteiger partial charge is 0.482 e. The maximum atomic E-state index is 12.4. The van der Waals surface area contributed by atoms with Crippen LogP contribution in [0.1, 0.15) is 35.6 Å². The molecule has 124 valence electrons. The van der Waals surface area contributed by atoms with E-state index in [-0.39, 0.29) is 12.5 Å². The molecule has 0 radical (unpaired) electrons. The van der Waals surface area contributed by atoms with Gasteiger partial charge in [0.25, 0.3) is 5.91 Å². The molecule has 1 aromatic carbocycles. The molecule has 0 spiro atoms. The van der Waals surface area contributed by atoms with Crippen LogP contribution in [0.4, 0.5) is 0 Å². The number of carbonyl (C=O) groups excluding carboxylic acids is 1. The fraction of sp³-hybridized carbons (Fsp3) is 0.412. The van der Waals surface area contributed by atoms with E-state index < -0.39 is 0 Å². The SMILES string of the molecule is Cc1nn(C(=O)COc2ccc(Cl)cc2Cl)c(C)c1CC(C)C. The topological polar surface area (TPSA) is 44.1 Å². The summed E-state index contributed by atoms with van der Waals surface area (Å²) in [5, 5.41) is 5.24. The van der Waals surface area contributed by atoms with Gasteiger partial charge in [0.05, 0.1) is 10.7 Å². The number of rotatable bonds is 5. The molecule has 0 bridgehead atoms. The molecule has 2 rings (SSSR count). The van der Waals surface area contributed by atoms with Gasteiger partial charge in [0.2, 0.25) is 0 Å². The number of hydrogen-bond acceptors (Lipinski definition) is 3. The minimum absolute atomic E-state index is 0.134. The Morgan fingerprint density at radius 3 is 2.61 bits per heavy atom. The van der Waals surface area contributed by atoms with Crippen LogP contribution >= 0.6 is 23.2 Å². The van der Waals surface area contributed by atoms with Gasteiger partial charge in [-0.05, 0) is 49.9 Å². The molecule has 0 N–H and O–H groups in total. The average Bonchev–Trinajstić information content (AvgIpc) is 2.74. The lowest BCUT2D eigenvalue weighted by atomic mass is 10.0. The van der Waals surface area contributed by atoms with Gasteiger partial charge in [-0.1, -0.05) is 37.0 Å². The fourth-order valence-corrected chi connectivity index (χ4v) is 2.88. The zero-order valence-corrected chi connectivity index (χ0v) is 15.2. The Kier molecular flexibility index (Phi) is 5.71. The van der Waals surface area contributed by atoms with E-state index in [4.69, 9.17) is 27.9 Å². The summed E-state index contributed by atoms with van der Waals surface area (Å²) in [6.07, 6.45) is 0.898. The molecular weight excluding hydrogens is 335 g/mol. The number of nitrogens with zero attached hydrogens (tertiary/aromatic N) is 2. The van der Waals surface area contributed by atoms with Crippen molar-refractivity contribution >= 4 is 29.1 Å². The van der Waals surface area contributed by atoms with Crippen molar-refractivity contribution in [3.63, 3.8) is 0 Å². The van der Waals surface area contributed by atoms with Crippen LogP contribution < -0.4 is 4.74 Å². The first-order chi connectivity index (χ1) is 10.8. The summed E-state index contributed by atoms with van der Waals surface area (Å²) < 4.78 is 6.91. The summed E-state index contributed by atoms with van der Waals surface area (Å²) in [5.74, 6) is 0.698. The maximum absolute atomic E-state index is 12.4. The summed E-state index contributed by atoms with van der Waals surface area (Å²) in [6, 6.07) is 4.88. The number of halogens is 2. The predicted octanol–water partition coefficient (Wildman–Crippen LogP) is 4.72. The predicted molar refractivity (Wildman–Crippen MR) is 92.8 cm³/mol. The summed E-state index contributed by atoms with van der Waals surface area (Å²) in [4.78, 5) is 12.4. The third kappa shape index (κ3) is 4.27. The Hall–Kier alpha value is -1.52. The van der Waals surface area contributed by atoms with Crippen LogP contribution in [0.5, 0.6) is 5.75 Å². The molecule has 0 saturated carbocycles. The number of carbonyl (C=O) groups is 1. The summed E-state index contributed by atoms with van der Waals surface area (Å²) in [6.45, 7) is 7.98. The second-order valence-electron chi connectivity index (χ2n) is 5.92. The lowest BCUT2D eigenvalue weighted by Crippen LogP contribution is -2.22. The van der Waals surface area contributed by atoms with E-state index >= 15 is 0 Å². The molecule has 23 heavy (non-hydrogen) atoms. The molecule has 0 atom stereocenters. The second kappa shape index (κ2) is 7.37. The number of hydrogen-bond donors (Lipinski definition) is 0. The molecule has 0 aliphatic rings. The first kappa shape index (κ1) is 17.8. The van der Waals surface area contributed by atoms with Gasteiger partial charge >= 0.3 is 0 Å². The molecule has 1 heterocycles. The minimum Gasteiger partial charge on any atom is -0.482 e. The lowest BCUT2D eigenvalue weighted by Gasteiger charge is -2.09. The third-order valence-electron chi connectivity index (χ3n) is 3.53. The van der Waals surface area contributed by atoms with Gasteiger partial charge in [0.15, 0.2) is 6.61 Å². The Labute approximate surface area is 146 Å². The Balaban J connectivity index is 2.12. The number of aromatic nitrogens is 2. The molecule has 0 unspecified atom stereocenters. The molecule has 0 fully saturated rings. The van der Waals surface area contributed by atoms with Gasteiger partial charge < -0.3 is 4.74 Å². The quantitative estimate of drug-likeness (QED) is 0.779. The highest BCUT2D eigenvalue weighted by Gasteiger charge is 2.18. The molecular formula is C17H20Cl2N2O2. The average molecular weight is 355 g/mol. The van der Waals surface area contributed by atoms with Crippen molar-refractivity contribution in [3.8, 4) is 5.75 Å². The highest BCUT2D eigenvalue weighted by molar-refractivity contribution is 6.35. The van der Waals surface area contributed by atoms with Crippen molar-refractivity contribution < 1.29 is 9.53 Å². The third-order valence-corrected chi connectivity index (χ3v) is 4.07. The fourth-order valence-electron chi connectivity index (χ4n) is 2.41. The smallest absolute Gasteiger partial charge is 0.284 e. The molecule has 2 aromatic rings. The minimum atomic E-state index is -0.230. The van der Waals surface area contributed by atoms with Crippen LogP contribution in [0.25, 0.3) is 0 Å². The summed E-state index contributed by atoms with van der Waals surface area (Å²) in [5.41, 5.74) is 2.87. The normalized spacial score (nSPS) is 11.1. The standard InChI is InChI=1S/C17H20Cl2N2O2/c1-10(2)7-14-11(3)20-21(12(14)4)17(22)9-23-16-6-5-13(18)8-15(16)19/h5-6,8,10H,7,9H2,1-4H3.